The highest BCUT2D eigenvalue weighted by molar-refractivity contribution is 7.22. The number of fused-ring (bicyclic) bond motifs is 1. The first kappa shape index (κ1) is 18.2. The number of para-hydroxylation sites is 1. The first-order valence-electron chi connectivity index (χ1n) is 8.97. The van der Waals surface area contributed by atoms with Crippen molar-refractivity contribution < 1.29 is 0 Å². The Balaban J connectivity index is 1.69. The fourth-order valence-electron chi connectivity index (χ4n) is 3.02. The monoisotopic (exact) mass is 390 g/mol. The van der Waals surface area contributed by atoms with Gasteiger partial charge in [-0.25, -0.2) is 9.97 Å². The van der Waals surface area contributed by atoms with Crippen molar-refractivity contribution in [2.45, 2.75) is 26.2 Å². The van der Waals surface area contributed by atoms with Crippen LogP contribution in [0.3, 0.4) is 0 Å². The van der Waals surface area contributed by atoms with Crippen LogP contribution in [0.4, 0.5) is 22.6 Å². The molecular formula is C21H22N6S. The standard InChI is InChI=1S/C21H22N6S/c1-21(2,3)13-9-7-12(8-10-13)15-11-17(26-19(22)25-15)24-14-5-4-6-16-18(14)27-20(23)28-16/h4-11H,1-3H3,(H2,23,27)(H3,22,24,25,26). The minimum atomic E-state index is 0.101. The molecule has 4 rings (SSSR count). The summed E-state index contributed by atoms with van der Waals surface area (Å²) in [6.45, 7) is 6.58. The van der Waals surface area contributed by atoms with E-state index in [1.54, 1.807) is 0 Å². The minimum Gasteiger partial charge on any atom is -0.375 e. The molecule has 2 aromatic carbocycles. The molecule has 28 heavy (non-hydrogen) atoms. The molecule has 0 amide bonds. The zero-order valence-electron chi connectivity index (χ0n) is 16.0. The Labute approximate surface area is 167 Å². The lowest BCUT2D eigenvalue weighted by Gasteiger charge is -2.19. The minimum absolute atomic E-state index is 0.101. The van der Waals surface area contributed by atoms with Gasteiger partial charge in [-0.05, 0) is 23.1 Å². The van der Waals surface area contributed by atoms with Crippen LogP contribution in [0, 0.1) is 0 Å². The lowest BCUT2D eigenvalue weighted by Crippen LogP contribution is -2.10. The van der Waals surface area contributed by atoms with E-state index in [1.165, 1.54) is 16.9 Å². The molecule has 2 heterocycles. The second-order valence-electron chi connectivity index (χ2n) is 7.65. The Bertz CT molecular complexity index is 1140. The van der Waals surface area contributed by atoms with Gasteiger partial charge < -0.3 is 16.8 Å². The number of nitrogen functional groups attached to an aromatic ring is 2. The third-order valence-corrected chi connectivity index (χ3v) is 5.34. The normalized spacial score (nSPS) is 11.7. The first-order valence-corrected chi connectivity index (χ1v) is 9.79. The molecule has 6 nitrogen and oxygen atoms in total. The summed E-state index contributed by atoms with van der Waals surface area (Å²) < 4.78 is 1.02. The van der Waals surface area contributed by atoms with Gasteiger partial charge in [0.2, 0.25) is 5.95 Å². The maximum Gasteiger partial charge on any atom is 0.222 e. The first-order chi connectivity index (χ1) is 13.3. The summed E-state index contributed by atoms with van der Waals surface area (Å²) >= 11 is 1.45. The van der Waals surface area contributed by atoms with Gasteiger partial charge in [-0.2, -0.15) is 4.98 Å². The van der Waals surface area contributed by atoms with Crippen LogP contribution in [0.5, 0.6) is 0 Å². The van der Waals surface area contributed by atoms with Crippen LogP contribution in [-0.4, -0.2) is 15.0 Å². The molecule has 0 fully saturated rings. The number of nitrogens with zero attached hydrogens (tertiary/aromatic N) is 3. The van der Waals surface area contributed by atoms with Crippen molar-refractivity contribution in [3.8, 4) is 11.3 Å². The van der Waals surface area contributed by atoms with E-state index >= 15 is 0 Å². The molecule has 0 aliphatic rings. The molecule has 0 radical (unpaired) electrons. The number of hydrogen-bond donors (Lipinski definition) is 3. The van der Waals surface area contributed by atoms with Crippen molar-refractivity contribution in [2.75, 3.05) is 16.8 Å². The molecule has 4 aromatic rings. The van der Waals surface area contributed by atoms with E-state index in [9.17, 15) is 0 Å². The van der Waals surface area contributed by atoms with Gasteiger partial charge in [-0.15, -0.1) is 0 Å². The Hall–Kier alpha value is -3.19. The molecule has 142 valence electrons. The van der Waals surface area contributed by atoms with Gasteiger partial charge in [0.25, 0.3) is 0 Å². The number of rotatable bonds is 3. The molecule has 0 aliphatic heterocycles. The van der Waals surface area contributed by atoms with Gasteiger partial charge in [-0.3, -0.25) is 0 Å². The topological polar surface area (TPSA) is 103 Å². The van der Waals surface area contributed by atoms with Crippen molar-refractivity contribution >= 4 is 44.1 Å². The van der Waals surface area contributed by atoms with Crippen LogP contribution < -0.4 is 16.8 Å². The Kier molecular flexibility index (Phi) is 4.39. The van der Waals surface area contributed by atoms with E-state index in [1.807, 2.05) is 24.3 Å². The number of benzene rings is 2. The quantitative estimate of drug-likeness (QED) is 0.457. The molecule has 0 atom stereocenters. The summed E-state index contributed by atoms with van der Waals surface area (Å²) in [6.07, 6.45) is 0. The van der Waals surface area contributed by atoms with E-state index < -0.39 is 0 Å². The molecule has 0 spiro atoms. The zero-order valence-corrected chi connectivity index (χ0v) is 16.8. The highest BCUT2D eigenvalue weighted by atomic mass is 32.1. The molecule has 0 unspecified atom stereocenters. The Morgan fingerprint density at radius 1 is 0.929 bits per heavy atom. The van der Waals surface area contributed by atoms with Gasteiger partial charge in [0, 0.05) is 11.6 Å². The maximum atomic E-state index is 5.97. The predicted octanol–water partition coefficient (Wildman–Crippen LogP) is 4.96. The van der Waals surface area contributed by atoms with Gasteiger partial charge in [0.05, 0.1) is 16.1 Å². The maximum absolute atomic E-state index is 5.97. The molecular weight excluding hydrogens is 368 g/mol. The van der Waals surface area contributed by atoms with E-state index in [0.29, 0.717) is 10.9 Å². The number of thiazole rings is 1. The number of hydrogen-bond acceptors (Lipinski definition) is 7. The van der Waals surface area contributed by atoms with Crippen LogP contribution in [0.1, 0.15) is 26.3 Å². The second-order valence-corrected chi connectivity index (χ2v) is 8.72. The smallest absolute Gasteiger partial charge is 0.222 e. The summed E-state index contributed by atoms with van der Waals surface area (Å²) in [5.74, 6) is 0.825. The van der Waals surface area contributed by atoms with E-state index in [4.69, 9.17) is 11.5 Å². The van der Waals surface area contributed by atoms with Gasteiger partial charge in [0.15, 0.2) is 5.13 Å². The van der Waals surface area contributed by atoms with Crippen molar-refractivity contribution in [3.05, 3.63) is 54.1 Å². The average Bonchev–Trinajstić information content (AvgIpc) is 3.02. The fourth-order valence-corrected chi connectivity index (χ4v) is 3.78. The van der Waals surface area contributed by atoms with Crippen LogP contribution in [0.25, 0.3) is 21.5 Å². The summed E-state index contributed by atoms with van der Waals surface area (Å²) in [5.41, 5.74) is 16.6. The van der Waals surface area contributed by atoms with Crippen LogP contribution in [0.2, 0.25) is 0 Å². The highest BCUT2D eigenvalue weighted by Crippen LogP contribution is 2.32. The summed E-state index contributed by atoms with van der Waals surface area (Å²) in [4.78, 5) is 13.1. The fraction of sp³-hybridized carbons (Fsp3) is 0.190. The number of aromatic nitrogens is 3. The molecule has 0 bridgehead atoms. The van der Waals surface area contributed by atoms with Crippen LogP contribution in [-0.2, 0) is 5.41 Å². The lowest BCUT2D eigenvalue weighted by atomic mass is 9.86. The highest BCUT2D eigenvalue weighted by Gasteiger charge is 2.14. The Morgan fingerprint density at radius 3 is 2.39 bits per heavy atom. The third kappa shape index (κ3) is 3.61. The number of anilines is 4. The van der Waals surface area contributed by atoms with Gasteiger partial charge in [0.1, 0.15) is 11.3 Å². The van der Waals surface area contributed by atoms with E-state index in [-0.39, 0.29) is 11.4 Å². The van der Waals surface area contributed by atoms with Crippen molar-refractivity contribution in [1.29, 1.82) is 0 Å². The van der Waals surface area contributed by atoms with Crippen molar-refractivity contribution in [3.63, 3.8) is 0 Å². The SMILES string of the molecule is CC(C)(C)c1ccc(-c2cc(Nc3cccc4sc(N)nc34)nc(N)n2)cc1. The van der Waals surface area contributed by atoms with Crippen molar-refractivity contribution in [1.82, 2.24) is 15.0 Å². The predicted molar refractivity (Wildman–Crippen MR) is 118 cm³/mol. The largest absolute Gasteiger partial charge is 0.375 e. The van der Waals surface area contributed by atoms with E-state index in [0.717, 1.165) is 27.2 Å². The van der Waals surface area contributed by atoms with E-state index in [2.05, 4.69) is 65.3 Å². The molecule has 7 heteroatoms. The Morgan fingerprint density at radius 2 is 1.68 bits per heavy atom. The van der Waals surface area contributed by atoms with Crippen molar-refractivity contribution in [2.24, 2.45) is 0 Å². The molecule has 0 saturated carbocycles. The number of nitrogens with two attached hydrogens (primary N) is 2. The number of nitrogens with one attached hydrogen (secondary N) is 1. The lowest BCUT2D eigenvalue weighted by molar-refractivity contribution is 0.590. The average molecular weight is 391 g/mol. The summed E-state index contributed by atoms with van der Waals surface area (Å²) in [6, 6.07) is 16.2. The van der Waals surface area contributed by atoms with Crippen LogP contribution in [0.15, 0.2) is 48.5 Å². The zero-order chi connectivity index (χ0) is 19.9. The molecule has 5 N–H and O–H groups in total. The van der Waals surface area contributed by atoms with Crippen LogP contribution >= 0.6 is 11.3 Å². The summed E-state index contributed by atoms with van der Waals surface area (Å²) in [5, 5.41) is 3.84. The molecule has 0 aliphatic carbocycles. The molecule has 0 saturated heterocycles. The second kappa shape index (κ2) is 6.76. The third-order valence-electron chi connectivity index (χ3n) is 4.49. The molecule has 2 aromatic heterocycles. The van der Waals surface area contributed by atoms with Gasteiger partial charge >= 0.3 is 0 Å². The summed E-state index contributed by atoms with van der Waals surface area (Å²) in [7, 11) is 0. The van der Waals surface area contributed by atoms with Gasteiger partial charge in [-0.1, -0.05) is 62.4 Å².